The molecule has 2 aromatic carbocycles. The molecule has 1 aliphatic heterocycles. The van der Waals surface area contributed by atoms with Gasteiger partial charge in [0.15, 0.2) is 0 Å². The van der Waals surface area contributed by atoms with Crippen LogP contribution >= 0.6 is 11.6 Å². The number of aliphatic hydroxyl groups is 1. The van der Waals surface area contributed by atoms with Crippen molar-refractivity contribution in [1.82, 2.24) is 4.90 Å². The Morgan fingerprint density at radius 2 is 1.81 bits per heavy atom. The van der Waals surface area contributed by atoms with Crippen LogP contribution in [0.25, 0.3) is 0 Å². The second kappa shape index (κ2) is 7.31. The molecule has 1 aliphatic rings. The van der Waals surface area contributed by atoms with Crippen LogP contribution in [0.2, 0.25) is 5.02 Å². The maximum absolute atomic E-state index is 13.4. The van der Waals surface area contributed by atoms with Crippen molar-refractivity contribution >= 4 is 29.2 Å². The number of imide groups is 1. The van der Waals surface area contributed by atoms with Crippen LogP contribution < -0.4 is 4.90 Å². The number of aromatic hydroxyl groups is 1. The first-order valence-corrected chi connectivity index (χ1v) is 8.31. The lowest BCUT2D eigenvalue weighted by Crippen LogP contribution is -2.34. The number of urea groups is 1. The standard InChI is InChI=1S/C18H16ClFN2O4/c19-14-10-12(4-7-15(14)20)22-17(25)16(11-2-5-13(24)6-3-11)21(18(22)26)8-1-9-23/h2-7,10,16,23-24H,1,8-9H2. The van der Waals surface area contributed by atoms with Crippen LogP contribution in [0.4, 0.5) is 14.9 Å². The normalized spacial score (nSPS) is 17.3. The van der Waals surface area contributed by atoms with E-state index in [1.54, 1.807) is 12.1 Å². The van der Waals surface area contributed by atoms with E-state index in [1.165, 1.54) is 29.2 Å². The van der Waals surface area contributed by atoms with Gasteiger partial charge >= 0.3 is 6.03 Å². The highest BCUT2D eigenvalue weighted by Crippen LogP contribution is 2.36. The Balaban J connectivity index is 2.02. The first-order chi connectivity index (χ1) is 12.4. The van der Waals surface area contributed by atoms with Gasteiger partial charge in [0.2, 0.25) is 0 Å². The number of phenolic OH excluding ortho intramolecular Hbond substituents is 1. The molecule has 2 aromatic rings. The average Bonchev–Trinajstić information content (AvgIpc) is 2.86. The molecule has 2 N–H and O–H groups in total. The molecule has 0 spiro atoms. The number of amides is 3. The van der Waals surface area contributed by atoms with E-state index in [9.17, 15) is 19.1 Å². The van der Waals surface area contributed by atoms with Gasteiger partial charge in [-0.25, -0.2) is 14.1 Å². The van der Waals surface area contributed by atoms with Gasteiger partial charge in [-0.15, -0.1) is 0 Å². The van der Waals surface area contributed by atoms with E-state index in [2.05, 4.69) is 0 Å². The zero-order chi connectivity index (χ0) is 18.8. The van der Waals surface area contributed by atoms with Gasteiger partial charge in [0.05, 0.1) is 10.7 Å². The van der Waals surface area contributed by atoms with Gasteiger partial charge in [0, 0.05) is 13.2 Å². The predicted octanol–water partition coefficient (Wildman–Crippen LogP) is 3.08. The molecule has 0 aliphatic carbocycles. The summed E-state index contributed by atoms with van der Waals surface area (Å²) in [7, 11) is 0. The first kappa shape index (κ1) is 18.2. The number of anilines is 1. The zero-order valence-corrected chi connectivity index (χ0v) is 14.4. The number of carbonyl (C=O) groups excluding carboxylic acids is 2. The minimum Gasteiger partial charge on any atom is -0.508 e. The highest BCUT2D eigenvalue weighted by atomic mass is 35.5. The van der Waals surface area contributed by atoms with Gasteiger partial charge in [0.25, 0.3) is 5.91 Å². The SMILES string of the molecule is O=C1C(c2ccc(O)cc2)N(CCCO)C(=O)N1c1ccc(F)c(Cl)c1. The average molecular weight is 379 g/mol. The van der Waals surface area contributed by atoms with Crippen LogP contribution in [0, 0.1) is 5.82 Å². The van der Waals surface area contributed by atoms with Gasteiger partial charge in [-0.05, 0) is 42.3 Å². The van der Waals surface area contributed by atoms with E-state index < -0.39 is 23.8 Å². The lowest BCUT2D eigenvalue weighted by Gasteiger charge is -2.21. The fraction of sp³-hybridized carbons (Fsp3) is 0.222. The molecule has 3 rings (SSSR count). The van der Waals surface area contributed by atoms with Crippen molar-refractivity contribution in [2.24, 2.45) is 0 Å². The summed E-state index contributed by atoms with van der Waals surface area (Å²) in [4.78, 5) is 28.1. The summed E-state index contributed by atoms with van der Waals surface area (Å²) in [5, 5.41) is 18.3. The van der Waals surface area contributed by atoms with Crippen LogP contribution in [0.5, 0.6) is 5.75 Å². The fourth-order valence-corrected chi connectivity index (χ4v) is 3.07. The van der Waals surface area contributed by atoms with Gasteiger partial charge in [-0.1, -0.05) is 23.7 Å². The monoisotopic (exact) mass is 378 g/mol. The van der Waals surface area contributed by atoms with Crippen molar-refractivity contribution in [3.8, 4) is 5.75 Å². The Kier molecular flexibility index (Phi) is 5.11. The van der Waals surface area contributed by atoms with Crippen LogP contribution in [-0.2, 0) is 4.79 Å². The van der Waals surface area contributed by atoms with E-state index in [4.69, 9.17) is 16.7 Å². The Labute approximate surface area is 154 Å². The third-order valence-corrected chi connectivity index (χ3v) is 4.42. The maximum atomic E-state index is 13.4. The van der Waals surface area contributed by atoms with Crippen molar-refractivity contribution in [3.63, 3.8) is 0 Å². The van der Waals surface area contributed by atoms with Crippen LogP contribution in [0.15, 0.2) is 42.5 Å². The number of rotatable bonds is 5. The summed E-state index contributed by atoms with van der Waals surface area (Å²) in [6, 6.07) is 8.09. The van der Waals surface area contributed by atoms with Gasteiger partial charge < -0.3 is 15.1 Å². The number of nitrogens with zero attached hydrogens (tertiary/aromatic N) is 2. The number of hydrogen-bond donors (Lipinski definition) is 2. The van der Waals surface area contributed by atoms with E-state index >= 15 is 0 Å². The zero-order valence-electron chi connectivity index (χ0n) is 13.6. The Bertz CT molecular complexity index is 844. The molecule has 0 bridgehead atoms. The molecular formula is C18H16ClFN2O4. The van der Waals surface area contributed by atoms with E-state index in [0.717, 1.165) is 11.0 Å². The van der Waals surface area contributed by atoms with E-state index in [-0.39, 0.29) is 29.6 Å². The fourth-order valence-electron chi connectivity index (χ4n) is 2.90. The molecule has 3 amide bonds. The highest BCUT2D eigenvalue weighted by Gasteiger charge is 2.46. The second-order valence-electron chi connectivity index (χ2n) is 5.82. The molecule has 8 heteroatoms. The van der Waals surface area contributed by atoms with Crippen molar-refractivity contribution < 1.29 is 24.2 Å². The Morgan fingerprint density at radius 1 is 1.12 bits per heavy atom. The van der Waals surface area contributed by atoms with Crippen molar-refractivity contribution in [1.29, 1.82) is 0 Å². The minimum absolute atomic E-state index is 0.0367. The van der Waals surface area contributed by atoms with Crippen molar-refractivity contribution in [3.05, 3.63) is 58.9 Å². The number of halogens is 2. The summed E-state index contributed by atoms with van der Waals surface area (Å²) in [5.41, 5.74) is 0.691. The molecule has 26 heavy (non-hydrogen) atoms. The van der Waals surface area contributed by atoms with E-state index in [0.29, 0.717) is 12.0 Å². The number of benzene rings is 2. The molecule has 0 radical (unpaired) electrons. The lowest BCUT2D eigenvalue weighted by molar-refractivity contribution is -0.119. The predicted molar refractivity (Wildman–Crippen MR) is 93.5 cm³/mol. The maximum Gasteiger partial charge on any atom is 0.332 e. The van der Waals surface area contributed by atoms with Crippen LogP contribution in [-0.4, -0.2) is 40.2 Å². The molecule has 1 heterocycles. The molecule has 0 saturated carbocycles. The minimum atomic E-state index is -0.904. The number of carbonyl (C=O) groups is 2. The van der Waals surface area contributed by atoms with Crippen molar-refractivity contribution in [2.45, 2.75) is 12.5 Å². The first-order valence-electron chi connectivity index (χ1n) is 7.93. The van der Waals surface area contributed by atoms with Crippen LogP contribution in [0.3, 0.4) is 0 Å². The lowest BCUT2D eigenvalue weighted by atomic mass is 10.1. The molecule has 1 atom stereocenters. The molecule has 1 fully saturated rings. The summed E-state index contributed by atoms with van der Waals surface area (Å²) >= 11 is 5.78. The number of phenols is 1. The van der Waals surface area contributed by atoms with E-state index in [1.807, 2.05) is 0 Å². The van der Waals surface area contributed by atoms with Gasteiger partial charge in [0.1, 0.15) is 17.6 Å². The third kappa shape index (κ3) is 3.23. The summed E-state index contributed by atoms with van der Waals surface area (Å²) in [5.74, 6) is -1.13. The molecule has 1 unspecified atom stereocenters. The van der Waals surface area contributed by atoms with Gasteiger partial charge in [-0.3, -0.25) is 4.79 Å². The molecular weight excluding hydrogens is 363 g/mol. The van der Waals surface area contributed by atoms with Crippen LogP contribution in [0.1, 0.15) is 18.0 Å². The summed E-state index contributed by atoms with van der Waals surface area (Å²) in [6.07, 6.45) is 0.297. The smallest absolute Gasteiger partial charge is 0.332 e. The topological polar surface area (TPSA) is 81.1 Å². The highest BCUT2D eigenvalue weighted by molar-refractivity contribution is 6.31. The number of aliphatic hydroxyl groups excluding tert-OH is 1. The third-order valence-electron chi connectivity index (χ3n) is 4.13. The van der Waals surface area contributed by atoms with Crippen molar-refractivity contribution in [2.75, 3.05) is 18.1 Å². The Hall–Kier alpha value is -2.64. The molecule has 136 valence electrons. The largest absolute Gasteiger partial charge is 0.508 e. The molecule has 1 saturated heterocycles. The number of hydrogen-bond acceptors (Lipinski definition) is 4. The Morgan fingerprint density at radius 3 is 2.42 bits per heavy atom. The van der Waals surface area contributed by atoms with Gasteiger partial charge in [-0.2, -0.15) is 0 Å². The molecule has 6 nitrogen and oxygen atoms in total. The molecule has 0 aromatic heterocycles. The summed E-state index contributed by atoms with van der Waals surface area (Å²) < 4.78 is 13.4. The quantitative estimate of drug-likeness (QED) is 0.783. The second-order valence-corrected chi connectivity index (χ2v) is 6.23. The summed E-state index contributed by atoms with van der Waals surface area (Å²) in [6.45, 7) is 0.0285.